The normalized spacial score (nSPS) is 35.5. The fourth-order valence-electron chi connectivity index (χ4n) is 1.11. The molecule has 2 atom stereocenters. The Morgan fingerprint density at radius 1 is 1.64 bits per heavy atom. The first-order valence-corrected chi connectivity index (χ1v) is 3.49. The number of carbonyl (C=O) groups is 1. The van der Waals surface area contributed by atoms with Gasteiger partial charge in [-0.3, -0.25) is 0 Å². The lowest BCUT2D eigenvalue weighted by Crippen LogP contribution is -2.36. The lowest BCUT2D eigenvalue weighted by Gasteiger charge is -2.23. The van der Waals surface area contributed by atoms with E-state index in [2.05, 4.69) is 0 Å². The average molecular weight is 160 g/mol. The molecule has 1 saturated heterocycles. The highest BCUT2D eigenvalue weighted by Gasteiger charge is 2.49. The minimum atomic E-state index is -1.11. The van der Waals surface area contributed by atoms with Crippen LogP contribution in [0.3, 0.4) is 0 Å². The zero-order valence-corrected chi connectivity index (χ0v) is 6.57. The molecular weight excluding hydrogens is 148 g/mol. The highest BCUT2D eigenvalue weighted by Crippen LogP contribution is 2.34. The Balaban J connectivity index is 2.82. The summed E-state index contributed by atoms with van der Waals surface area (Å²) in [5.74, 6) is -0.644. The van der Waals surface area contributed by atoms with E-state index >= 15 is 0 Å². The van der Waals surface area contributed by atoms with Crippen molar-refractivity contribution >= 4 is 5.97 Å². The largest absolute Gasteiger partial charge is 0.457 e. The summed E-state index contributed by atoms with van der Waals surface area (Å²) in [6.45, 7) is 3.13. The van der Waals surface area contributed by atoms with Gasteiger partial charge in [-0.2, -0.15) is 0 Å². The Morgan fingerprint density at radius 3 is 2.36 bits per heavy atom. The summed E-state index contributed by atoms with van der Waals surface area (Å²) in [5, 5.41) is 18.0. The van der Waals surface area contributed by atoms with E-state index in [4.69, 9.17) is 9.84 Å². The maximum Gasteiger partial charge on any atom is 0.336 e. The Kier molecular flexibility index (Phi) is 1.90. The van der Waals surface area contributed by atoms with Gasteiger partial charge in [0.05, 0.1) is 6.61 Å². The quantitative estimate of drug-likeness (QED) is 0.497. The summed E-state index contributed by atoms with van der Waals surface area (Å²) in [6.07, 6.45) is -1.69. The number of ether oxygens (including phenoxy) is 1. The van der Waals surface area contributed by atoms with Crippen molar-refractivity contribution in [2.24, 2.45) is 5.41 Å². The van der Waals surface area contributed by atoms with Crippen LogP contribution in [-0.4, -0.2) is 35.0 Å². The van der Waals surface area contributed by atoms with Gasteiger partial charge in [0.1, 0.15) is 6.10 Å². The van der Waals surface area contributed by atoms with Crippen LogP contribution < -0.4 is 0 Å². The molecule has 4 heteroatoms. The highest BCUT2D eigenvalue weighted by atomic mass is 16.6. The fraction of sp³-hybridized carbons (Fsp3) is 0.857. The van der Waals surface area contributed by atoms with E-state index in [1.54, 1.807) is 13.8 Å². The van der Waals surface area contributed by atoms with Gasteiger partial charge in [-0.1, -0.05) is 13.8 Å². The lowest BCUT2D eigenvalue weighted by atomic mass is 9.83. The van der Waals surface area contributed by atoms with Gasteiger partial charge < -0.3 is 14.9 Å². The molecule has 0 aromatic heterocycles. The summed E-state index contributed by atoms with van der Waals surface area (Å²) in [6, 6.07) is 0. The third-order valence-corrected chi connectivity index (χ3v) is 2.18. The molecule has 64 valence electrons. The molecule has 0 amide bonds. The van der Waals surface area contributed by atoms with E-state index < -0.39 is 23.6 Å². The number of hydrogen-bond acceptors (Lipinski definition) is 4. The Hall–Kier alpha value is -0.610. The predicted octanol–water partition coefficient (Wildman–Crippen LogP) is -0.709. The number of hydrogen-bond donors (Lipinski definition) is 2. The molecule has 0 saturated carbocycles. The topological polar surface area (TPSA) is 66.8 Å². The summed E-state index contributed by atoms with van der Waals surface area (Å²) in [4.78, 5) is 10.8. The molecule has 1 heterocycles. The third kappa shape index (κ3) is 1.12. The van der Waals surface area contributed by atoms with Crippen molar-refractivity contribution in [3.8, 4) is 0 Å². The lowest BCUT2D eigenvalue weighted by molar-refractivity contribution is -0.148. The molecule has 4 nitrogen and oxygen atoms in total. The Labute approximate surface area is 64.8 Å². The molecule has 0 aromatic rings. The molecule has 0 aromatic carbocycles. The van der Waals surface area contributed by atoms with Crippen LogP contribution in [0.25, 0.3) is 0 Å². The Morgan fingerprint density at radius 2 is 2.18 bits per heavy atom. The third-order valence-electron chi connectivity index (χ3n) is 2.18. The molecule has 1 aliphatic rings. The summed E-state index contributed by atoms with van der Waals surface area (Å²) in [5.41, 5.74) is -0.675. The summed E-state index contributed by atoms with van der Waals surface area (Å²) >= 11 is 0. The second-order valence-corrected chi connectivity index (χ2v) is 3.33. The van der Waals surface area contributed by atoms with E-state index in [0.717, 1.165) is 0 Å². The number of aliphatic hydroxyl groups is 2. The van der Waals surface area contributed by atoms with Gasteiger partial charge in [0, 0.05) is 5.41 Å². The Bertz CT molecular complexity index is 175. The van der Waals surface area contributed by atoms with Gasteiger partial charge in [0.15, 0.2) is 6.10 Å². The molecule has 11 heavy (non-hydrogen) atoms. The van der Waals surface area contributed by atoms with Crippen molar-refractivity contribution in [1.82, 2.24) is 0 Å². The van der Waals surface area contributed by atoms with E-state index in [9.17, 15) is 9.90 Å². The zero-order valence-electron chi connectivity index (χ0n) is 6.57. The molecule has 0 aliphatic carbocycles. The van der Waals surface area contributed by atoms with Gasteiger partial charge in [-0.05, 0) is 0 Å². The van der Waals surface area contributed by atoms with Crippen LogP contribution in [0.5, 0.6) is 0 Å². The van der Waals surface area contributed by atoms with Crippen molar-refractivity contribution < 1.29 is 19.7 Å². The van der Waals surface area contributed by atoms with Gasteiger partial charge in [0.25, 0.3) is 0 Å². The number of carbonyl (C=O) groups excluding carboxylic acids is 1. The van der Waals surface area contributed by atoms with Gasteiger partial charge in [-0.25, -0.2) is 4.79 Å². The molecule has 1 aliphatic heterocycles. The first kappa shape index (κ1) is 8.49. The van der Waals surface area contributed by atoms with Crippen LogP contribution in [0, 0.1) is 5.41 Å². The van der Waals surface area contributed by atoms with Crippen molar-refractivity contribution in [1.29, 1.82) is 0 Å². The molecule has 0 radical (unpaired) electrons. The fourth-order valence-corrected chi connectivity index (χ4v) is 1.11. The minimum Gasteiger partial charge on any atom is -0.457 e. The van der Waals surface area contributed by atoms with Gasteiger partial charge in [0.2, 0.25) is 0 Å². The molecular formula is C7H12O4. The summed E-state index contributed by atoms with van der Waals surface area (Å²) in [7, 11) is 0. The molecule has 1 rings (SSSR count). The average Bonchev–Trinajstić information content (AvgIpc) is 2.13. The summed E-state index contributed by atoms with van der Waals surface area (Å²) < 4.78 is 4.70. The number of esters is 1. The minimum absolute atomic E-state index is 0.240. The smallest absolute Gasteiger partial charge is 0.336 e. The number of cyclic esters (lactones) is 1. The van der Waals surface area contributed by atoms with E-state index in [0.29, 0.717) is 0 Å². The van der Waals surface area contributed by atoms with Crippen molar-refractivity contribution in [2.45, 2.75) is 26.1 Å². The first-order chi connectivity index (χ1) is 5.00. The number of rotatable bonds is 1. The van der Waals surface area contributed by atoms with Crippen LogP contribution in [0.1, 0.15) is 13.8 Å². The van der Waals surface area contributed by atoms with Crippen LogP contribution in [-0.2, 0) is 9.53 Å². The molecule has 1 fully saturated rings. The SMILES string of the molecule is CC1(C)[C@H](O)C(=O)O[C@@H]1CO. The van der Waals surface area contributed by atoms with Crippen molar-refractivity contribution in [3.63, 3.8) is 0 Å². The highest BCUT2D eigenvalue weighted by molar-refractivity contribution is 5.78. The van der Waals surface area contributed by atoms with E-state index in [-0.39, 0.29) is 6.61 Å². The van der Waals surface area contributed by atoms with E-state index in [1.165, 1.54) is 0 Å². The predicted molar refractivity (Wildman–Crippen MR) is 36.8 cm³/mol. The molecule has 0 bridgehead atoms. The van der Waals surface area contributed by atoms with Crippen LogP contribution in [0.2, 0.25) is 0 Å². The van der Waals surface area contributed by atoms with Crippen molar-refractivity contribution in [3.05, 3.63) is 0 Å². The van der Waals surface area contributed by atoms with Crippen LogP contribution >= 0.6 is 0 Å². The molecule has 0 unspecified atom stereocenters. The monoisotopic (exact) mass is 160 g/mol. The van der Waals surface area contributed by atoms with Gasteiger partial charge >= 0.3 is 5.97 Å². The zero-order chi connectivity index (χ0) is 8.65. The maximum absolute atomic E-state index is 10.8. The standard InChI is InChI=1S/C7H12O4/c1-7(2)4(3-8)11-6(10)5(7)9/h4-5,8-9H,3H2,1-2H3/t4-,5-/m1/s1. The van der Waals surface area contributed by atoms with Crippen LogP contribution in [0.4, 0.5) is 0 Å². The van der Waals surface area contributed by atoms with Crippen LogP contribution in [0.15, 0.2) is 0 Å². The van der Waals surface area contributed by atoms with Gasteiger partial charge in [-0.15, -0.1) is 0 Å². The van der Waals surface area contributed by atoms with E-state index in [1.807, 2.05) is 0 Å². The second kappa shape index (κ2) is 2.46. The maximum atomic E-state index is 10.8. The molecule has 0 spiro atoms. The first-order valence-electron chi connectivity index (χ1n) is 3.49. The second-order valence-electron chi connectivity index (χ2n) is 3.33. The number of aliphatic hydroxyl groups excluding tert-OH is 2. The molecule has 2 N–H and O–H groups in total. The van der Waals surface area contributed by atoms with Crippen molar-refractivity contribution in [2.75, 3.05) is 6.61 Å².